The minimum atomic E-state index is 0.367. The second-order valence-electron chi connectivity index (χ2n) is 8.71. The van der Waals surface area contributed by atoms with Gasteiger partial charge in [0.1, 0.15) is 0 Å². The fourth-order valence-corrected chi connectivity index (χ4v) is 3.83. The highest BCUT2D eigenvalue weighted by Gasteiger charge is 2.49. The monoisotopic (exact) mass is 280 g/mol. The Bertz CT molecular complexity index is 323. The van der Waals surface area contributed by atoms with Crippen LogP contribution in [0.5, 0.6) is 0 Å². The van der Waals surface area contributed by atoms with Crippen molar-refractivity contribution in [1.29, 1.82) is 0 Å². The first kappa shape index (κ1) is 16.3. The van der Waals surface area contributed by atoms with Gasteiger partial charge in [-0.3, -0.25) is 4.90 Å². The SMILES string of the molecule is CCC1(CC)CNC(C)(C2CC2)CN1CCC(C)(C)C. The van der Waals surface area contributed by atoms with Gasteiger partial charge in [-0.15, -0.1) is 0 Å². The molecule has 1 saturated carbocycles. The lowest BCUT2D eigenvalue weighted by atomic mass is 9.80. The zero-order chi connectivity index (χ0) is 15.0. The summed E-state index contributed by atoms with van der Waals surface area (Å²) in [4.78, 5) is 2.84. The van der Waals surface area contributed by atoms with E-state index in [0.29, 0.717) is 16.5 Å². The summed E-state index contributed by atoms with van der Waals surface area (Å²) >= 11 is 0. The van der Waals surface area contributed by atoms with Gasteiger partial charge in [-0.2, -0.15) is 0 Å². The Labute approximate surface area is 126 Å². The van der Waals surface area contributed by atoms with Gasteiger partial charge < -0.3 is 5.32 Å². The van der Waals surface area contributed by atoms with Gasteiger partial charge in [-0.05, 0) is 56.9 Å². The molecule has 0 spiro atoms. The van der Waals surface area contributed by atoms with Crippen molar-refractivity contribution < 1.29 is 0 Å². The molecule has 0 amide bonds. The predicted molar refractivity (Wildman–Crippen MR) is 88.1 cm³/mol. The number of hydrogen-bond acceptors (Lipinski definition) is 2. The molecule has 0 aromatic carbocycles. The van der Waals surface area contributed by atoms with Crippen LogP contribution >= 0.6 is 0 Å². The summed E-state index contributed by atoms with van der Waals surface area (Å²) in [6.45, 7) is 18.0. The fourth-order valence-electron chi connectivity index (χ4n) is 3.83. The van der Waals surface area contributed by atoms with Crippen LogP contribution in [-0.2, 0) is 0 Å². The van der Waals surface area contributed by atoms with Crippen molar-refractivity contribution in [3.8, 4) is 0 Å². The lowest BCUT2D eigenvalue weighted by Gasteiger charge is -2.54. The van der Waals surface area contributed by atoms with Crippen LogP contribution < -0.4 is 5.32 Å². The maximum atomic E-state index is 3.94. The van der Waals surface area contributed by atoms with Gasteiger partial charge in [0, 0.05) is 24.2 Å². The molecule has 1 saturated heterocycles. The number of piperazine rings is 1. The summed E-state index contributed by atoms with van der Waals surface area (Å²) < 4.78 is 0. The van der Waals surface area contributed by atoms with E-state index in [1.165, 1.54) is 51.7 Å². The Hall–Kier alpha value is -0.0800. The molecular weight excluding hydrogens is 244 g/mol. The Morgan fingerprint density at radius 2 is 1.75 bits per heavy atom. The van der Waals surface area contributed by atoms with Crippen molar-refractivity contribution in [1.82, 2.24) is 10.2 Å². The first-order valence-electron chi connectivity index (χ1n) is 8.75. The number of rotatable bonds is 5. The zero-order valence-corrected chi connectivity index (χ0v) is 14.7. The third-order valence-corrected chi connectivity index (χ3v) is 5.94. The molecule has 1 unspecified atom stereocenters. The summed E-state index contributed by atoms with van der Waals surface area (Å²) in [6.07, 6.45) is 6.70. The van der Waals surface area contributed by atoms with Crippen molar-refractivity contribution in [2.75, 3.05) is 19.6 Å². The first-order valence-corrected chi connectivity index (χ1v) is 8.75. The van der Waals surface area contributed by atoms with Crippen LogP contribution in [0.4, 0.5) is 0 Å². The van der Waals surface area contributed by atoms with E-state index >= 15 is 0 Å². The van der Waals surface area contributed by atoms with Gasteiger partial charge in [0.05, 0.1) is 0 Å². The average Bonchev–Trinajstić information content (AvgIpc) is 3.21. The second kappa shape index (κ2) is 5.61. The quantitative estimate of drug-likeness (QED) is 0.817. The molecular formula is C18H36N2. The molecule has 2 rings (SSSR count). The molecule has 1 aliphatic carbocycles. The van der Waals surface area contributed by atoms with Crippen molar-refractivity contribution in [2.45, 2.75) is 84.7 Å². The Kier molecular flexibility index (Phi) is 4.57. The molecule has 0 bridgehead atoms. The molecule has 1 atom stereocenters. The van der Waals surface area contributed by atoms with Gasteiger partial charge in [0.25, 0.3) is 0 Å². The molecule has 2 nitrogen and oxygen atoms in total. The number of nitrogens with zero attached hydrogens (tertiary/aromatic N) is 1. The van der Waals surface area contributed by atoms with Crippen LogP contribution in [0, 0.1) is 11.3 Å². The van der Waals surface area contributed by atoms with Crippen LogP contribution in [0.25, 0.3) is 0 Å². The first-order chi connectivity index (χ1) is 9.25. The van der Waals surface area contributed by atoms with Crippen molar-refractivity contribution >= 4 is 0 Å². The van der Waals surface area contributed by atoms with E-state index < -0.39 is 0 Å². The van der Waals surface area contributed by atoms with E-state index in [0.717, 1.165) is 5.92 Å². The van der Waals surface area contributed by atoms with E-state index in [2.05, 4.69) is 51.8 Å². The lowest BCUT2D eigenvalue weighted by Crippen LogP contribution is -2.69. The Balaban J connectivity index is 2.10. The van der Waals surface area contributed by atoms with E-state index in [9.17, 15) is 0 Å². The molecule has 2 fully saturated rings. The van der Waals surface area contributed by atoms with Crippen molar-refractivity contribution in [3.63, 3.8) is 0 Å². The molecule has 1 heterocycles. The maximum absolute atomic E-state index is 3.94. The zero-order valence-electron chi connectivity index (χ0n) is 14.7. The van der Waals surface area contributed by atoms with Crippen LogP contribution in [0.1, 0.15) is 73.6 Å². The summed E-state index contributed by atoms with van der Waals surface area (Å²) in [5.74, 6) is 0.923. The number of nitrogens with one attached hydrogen (secondary N) is 1. The van der Waals surface area contributed by atoms with Gasteiger partial charge >= 0.3 is 0 Å². The normalized spacial score (nSPS) is 31.5. The highest BCUT2D eigenvalue weighted by molar-refractivity contribution is 5.08. The van der Waals surface area contributed by atoms with E-state index in [1.54, 1.807) is 0 Å². The molecule has 1 N–H and O–H groups in total. The molecule has 0 aromatic rings. The van der Waals surface area contributed by atoms with Gasteiger partial charge in [0.2, 0.25) is 0 Å². The molecule has 20 heavy (non-hydrogen) atoms. The molecule has 2 aliphatic rings. The van der Waals surface area contributed by atoms with Crippen molar-refractivity contribution in [2.24, 2.45) is 11.3 Å². The molecule has 118 valence electrons. The minimum Gasteiger partial charge on any atom is -0.308 e. The summed E-state index contributed by atoms with van der Waals surface area (Å²) in [5.41, 5.74) is 1.19. The topological polar surface area (TPSA) is 15.3 Å². The highest BCUT2D eigenvalue weighted by Crippen LogP contribution is 2.43. The summed E-state index contributed by atoms with van der Waals surface area (Å²) in [5, 5.41) is 3.94. The van der Waals surface area contributed by atoms with Crippen LogP contribution in [0.3, 0.4) is 0 Å². The third-order valence-electron chi connectivity index (χ3n) is 5.94. The second-order valence-corrected chi connectivity index (χ2v) is 8.71. The molecule has 1 aliphatic heterocycles. The highest BCUT2D eigenvalue weighted by atomic mass is 15.3. The van der Waals surface area contributed by atoms with Crippen LogP contribution in [0.2, 0.25) is 0 Å². The van der Waals surface area contributed by atoms with Crippen molar-refractivity contribution in [3.05, 3.63) is 0 Å². The number of hydrogen-bond donors (Lipinski definition) is 1. The predicted octanol–water partition coefficient (Wildman–Crippen LogP) is 4.06. The standard InChI is InChI=1S/C18H36N2/c1-7-18(8-2)13-19-17(6,15-9-10-15)14-20(18)12-11-16(3,4)5/h15,19H,7-14H2,1-6H3. The smallest absolute Gasteiger partial charge is 0.0329 e. The van der Waals surface area contributed by atoms with E-state index in [4.69, 9.17) is 0 Å². The summed E-state index contributed by atoms with van der Waals surface area (Å²) in [6, 6.07) is 0. The average molecular weight is 280 g/mol. The Morgan fingerprint density at radius 1 is 1.15 bits per heavy atom. The molecule has 2 heteroatoms. The fraction of sp³-hybridized carbons (Fsp3) is 1.00. The van der Waals surface area contributed by atoms with Crippen LogP contribution in [-0.4, -0.2) is 35.6 Å². The van der Waals surface area contributed by atoms with E-state index in [1.807, 2.05) is 0 Å². The van der Waals surface area contributed by atoms with Gasteiger partial charge in [-0.1, -0.05) is 34.6 Å². The largest absolute Gasteiger partial charge is 0.308 e. The van der Waals surface area contributed by atoms with Gasteiger partial charge in [0.15, 0.2) is 0 Å². The third kappa shape index (κ3) is 3.39. The summed E-state index contributed by atoms with van der Waals surface area (Å²) in [7, 11) is 0. The maximum Gasteiger partial charge on any atom is 0.0329 e. The van der Waals surface area contributed by atoms with Crippen LogP contribution in [0.15, 0.2) is 0 Å². The van der Waals surface area contributed by atoms with E-state index in [-0.39, 0.29) is 0 Å². The molecule has 0 radical (unpaired) electrons. The lowest BCUT2D eigenvalue weighted by molar-refractivity contribution is -0.00940. The minimum absolute atomic E-state index is 0.367. The Morgan fingerprint density at radius 3 is 2.20 bits per heavy atom. The van der Waals surface area contributed by atoms with Gasteiger partial charge in [-0.25, -0.2) is 0 Å². The molecule has 0 aromatic heterocycles.